The molecular formula is C17H18N2O3P2. The van der Waals surface area contributed by atoms with Gasteiger partial charge in [0.25, 0.3) is 5.91 Å². The molecule has 24 heavy (non-hydrogen) atoms. The number of aromatic hydroxyl groups is 1. The third-order valence-electron chi connectivity index (χ3n) is 4.66. The first kappa shape index (κ1) is 15.7. The zero-order valence-corrected chi connectivity index (χ0v) is 15.3. The average Bonchev–Trinajstić information content (AvgIpc) is 2.91. The molecule has 2 heterocycles. The van der Waals surface area contributed by atoms with Crippen LogP contribution in [-0.4, -0.2) is 30.7 Å². The van der Waals surface area contributed by atoms with Gasteiger partial charge in [0.2, 0.25) is 0 Å². The number of carbonyl (C=O) groups is 1. The summed E-state index contributed by atoms with van der Waals surface area (Å²) in [5.41, 5.74) is 3.52. The number of ether oxygens (including phenoxy) is 1. The molecule has 2 unspecified atom stereocenters. The van der Waals surface area contributed by atoms with Crippen molar-refractivity contribution in [2.45, 2.75) is 12.5 Å². The highest BCUT2D eigenvalue weighted by Crippen LogP contribution is 2.46. The maximum atomic E-state index is 13.3. The van der Waals surface area contributed by atoms with Gasteiger partial charge in [0.1, 0.15) is 0 Å². The minimum Gasteiger partial charge on any atom is -0.504 e. The molecule has 1 N–H and O–H groups in total. The normalized spacial score (nSPS) is 19.2. The van der Waals surface area contributed by atoms with Gasteiger partial charge >= 0.3 is 0 Å². The van der Waals surface area contributed by atoms with Gasteiger partial charge in [-0.2, -0.15) is 0 Å². The number of rotatable bonds is 2. The van der Waals surface area contributed by atoms with E-state index >= 15 is 0 Å². The zero-order valence-electron chi connectivity index (χ0n) is 13.2. The second-order valence-corrected chi connectivity index (χ2v) is 7.52. The monoisotopic (exact) mass is 360 g/mol. The van der Waals surface area contributed by atoms with Crippen molar-refractivity contribution in [3.63, 3.8) is 0 Å². The van der Waals surface area contributed by atoms with Crippen molar-refractivity contribution >= 4 is 34.6 Å². The quantitative estimate of drug-likeness (QED) is 0.836. The van der Waals surface area contributed by atoms with E-state index in [9.17, 15) is 9.90 Å². The Morgan fingerprint density at radius 1 is 1.29 bits per heavy atom. The number of amides is 1. The van der Waals surface area contributed by atoms with Crippen LogP contribution in [-0.2, 0) is 6.42 Å². The fourth-order valence-electron chi connectivity index (χ4n) is 3.56. The number of anilines is 2. The van der Waals surface area contributed by atoms with Gasteiger partial charge in [-0.15, -0.1) is 0 Å². The number of hydrogen-bond acceptors (Lipinski definition) is 4. The largest absolute Gasteiger partial charge is 0.504 e. The molecule has 0 saturated heterocycles. The number of phenolic OH excluding ortho intramolecular Hbond substituents is 1. The molecule has 3 atom stereocenters. The van der Waals surface area contributed by atoms with Crippen LogP contribution in [0.15, 0.2) is 36.4 Å². The summed E-state index contributed by atoms with van der Waals surface area (Å²) in [6.45, 7) is 0.737. The standard InChI is InChI=1S/C17H18N2O3P2/c1-22-16-7-12-14(8-15(16)20)18(24-23)9-11-6-10-4-2-3-5-13(10)19(11)17(12)21/h2-5,7-8,11,20,24H,6,9,23H2,1H3/t11-/m0/s1. The topological polar surface area (TPSA) is 53.0 Å². The molecule has 2 aliphatic rings. The maximum Gasteiger partial charge on any atom is 0.260 e. The van der Waals surface area contributed by atoms with Gasteiger partial charge in [-0.3, -0.25) is 4.79 Å². The number of fused-ring (bicyclic) bond motifs is 4. The number of benzene rings is 2. The zero-order chi connectivity index (χ0) is 16.8. The highest BCUT2D eigenvalue weighted by molar-refractivity contribution is 8.03. The van der Waals surface area contributed by atoms with Crippen LogP contribution >= 0.6 is 17.3 Å². The SMILES string of the molecule is COc1cc2c(cc1O)N(PP)C[C@@H]1Cc3ccccc3N1C2=O. The molecule has 2 aliphatic heterocycles. The molecule has 0 aromatic heterocycles. The fraction of sp³-hybridized carbons (Fsp3) is 0.235. The predicted molar refractivity (Wildman–Crippen MR) is 101 cm³/mol. The Morgan fingerprint density at radius 2 is 2.08 bits per heavy atom. The second kappa shape index (κ2) is 5.91. The molecular weight excluding hydrogens is 342 g/mol. The van der Waals surface area contributed by atoms with Crippen molar-refractivity contribution in [3.8, 4) is 11.5 Å². The number of hydrogen-bond donors (Lipinski definition) is 1. The molecule has 2 aromatic rings. The molecule has 2 aromatic carbocycles. The van der Waals surface area contributed by atoms with Gasteiger partial charge in [0.05, 0.1) is 24.4 Å². The van der Waals surface area contributed by atoms with E-state index in [4.69, 9.17) is 4.74 Å². The van der Waals surface area contributed by atoms with E-state index in [2.05, 4.69) is 19.7 Å². The molecule has 1 amide bonds. The first-order valence-corrected chi connectivity index (χ1v) is 10.5. The van der Waals surface area contributed by atoms with Crippen molar-refractivity contribution in [3.05, 3.63) is 47.5 Å². The predicted octanol–water partition coefficient (Wildman–Crippen LogP) is 3.18. The first-order chi connectivity index (χ1) is 11.6. The first-order valence-electron chi connectivity index (χ1n) is 7.70. The Balaban J connectivity index is 1.89. The lowest BCUT2D eigenvalue weighted by Gasteiger charge is -2.26. The van der Waals surface area contributed by atoms with Gasteiger partial charge in [-0.05, 0) is 32.5 Å². The third kappa shape index (κ3) is 2.27. The summed E-state index contributed by atoms with van der Waals surface area (Å²) >= 11 is 0. The molecule has 0 fully saturated rings. The summed E-state index contributed by atoms with van der Waals surface area (Å²) < 4.78 is 7.35. The Hall–Kier alpha value is -1.83. The Kier molecular flexibility index (Phi) is 3.86. The van der Waals surface area contributed by atoms with Crippen LogP contribution in [0.4, 0.5) is 11.4 Å². The van der Waals surface area contributed by atoms with Crippen LogP contribution in [0, 0.1) is 0 Å². The van der Waals surface area contributed by atoms with Crippen molar-refractivity contribution in [2.75, 3.05) is 23.2 Å². The fourth-order valence-corrected chi connectivity index (χ4v) is 4.93. The van der Waals surface area contributed by atoms with E-state index in [1.54, 1.807) is 12.1 Å². The van der Waals surface area contributed by atoms with E-state index in [0.717, 1.165) is 24.3 Å². The van der Waals surface area contributed by atoms with Gasteiger partial charge in [0.15, 0.2) is 11.5 Å². The third-order valence-corrected chi connectivity index (χ3v) is 6.33. The minimum absolute atomic E-state index is 0.0380. The van der Waals surface area contributed by atoms with Gasteiger partial charge < -0.3 is 19.4 Å². The average molecular weight is 360 g/mol. The summed E-state index contributed by atoms with van der Waals surface area (Å²) in [6, 6.07) is 11.5. The Labute approximate surface area is 144 Å². The van der Waals surface area contributed by atoms with Crippen molar-refractivity contribution in [1.82, 2.24) is 0 Å². The van der Waals surface area contributed by atoms with Gasteiger partial charge in [-0.25, -0.2) is 0 Å². The molecule has 0 radical (unpaired) electrons. The molecule has 0 aliphatic carbocycles. The lowest BCUT2D eigenvalue weighted by atomic mass is 10.1. The maximum absolute atomic E-state index is 13.3. The van der Waals surface area contributed by atoms with Crippen molar-refractivity contribution in [2.24, 2.45) is 0 Å². The van der Waals surface area contributed by atoms with Crippen LogP contribution in [0.25, 0.3) is 0 Å². The number of para-hydroxylation sites is 1. The van der Waals surface area contributed by atoms with Crippen LogP contribution in [0.5, 0.6) is 11.5 Å². The lowest BCUT2D eigenvalue weighted by Crippen LogP contribution is -2.40. The van der Waals surface area contributed by atoms with Crippen LogP contribution in [0.3, 0.4) is 0 Å². The van der Waals surface area contributed by atoms with E-state index in [0.29, 0.717) is 19.7 Å². The van der Waals surface area contributed by atoms with E-state index in [-0.39, 0.29) is 17.7 Å². The summed E-state index contributed by atoms with van der Waals surface area (Å²) in [5, 5.41) is 10.1. The highest BCUT2D eigenvalue weighted by atomic mass is 32.0. The smallest absolute Gasteiger partial charge is 0.260 e. The number of methoxy groups -OCH3 is 1. The summed E-state index contributed by atoms with van der Waals surface area (Å²) in [6.07, 6.45) is 0.852. The van der Waals surface area contributed by atoms with E-state index in [1.165, 1.54) is 12.7 Å². The molecule has 0 spiro atoms. The number of nitrogens with zero attached hydrogens (tertiary/aromatic N) is 2. The summed E-state index contributed by atoms with van der Waals surface area (Å²) in [7, 11) is 4.65. The summed E-state index contributed by atoms with van der Waals surface area (Å²) in [4.78, 5) is 15.2. The van der Waals surface area contributed by atoms with Crippen molar-refractivity contribution in [1.29, 1.82) is 0 Å². The molecule has 0 bridgehead atoms. The van der Waals surface area contributed by atoms with Crippen LogP contribution in [0.2, 0.25) is 0 Å². The highest BCUT2D eigenvalue weighted by Gasteiger charge is 2.39. The molecule has 4 rings (SSSR count). The van der Waals surface area contributed by atoms with Gasteiger partial charge in [0, 0.05) is 18.3 Å². The molecule has 7 heteroatoms. The molecule has 5 nitrogen and oxygen atoms in total. The minimum atomic E-state index is -0.0380. The number of carbonyl (C=O) groups excluding carboxylic acids is 1. The van der Waals surface area contributed by atoms with Gasteiger partial charge in [-0.1, -0.05) is 27.1 Å². The Bertz CT molecular complexity index is 827. The molecule has 124 valence electrons. The van der Waals surface area contributed by atoms with Crippen LogP contribution < -0.4 is 14.3 Å². The van der Waals surface area contributed by atoms with E-state index in [1.807, 2.05) is 23.1 Å². The van der Waals surface area contributed by atoms with Crippen LogP contribution in [0.1, 0.15) is 15.9 Å². The second-order valence-electron chi connectivity index (χ2n) is 5.94. The number of phenols is 1. The van der Waals surface area contributed by atoms with E-state index < -0.39 is 0 Å². The van der Waals surface area contributed by atoms with Crippen molar-refractivity contribution < 1.29 is 14.6 Å². The summed E-state index contributed by atoms with van der Waals surface area (Å²) in [5.74, 6) is 0.337. The molecule has 0 saturated carbocycles. The lowest BCUT2D eigenvalue weighted by molar-refractivity contribution is 0.0983. The Morgan fingerprint density at radius 3 is 2.83 bits per heavy atom.